The van der Waals surface area contributed by atoms with Gasteiger partial charge < -0.3 is 26.4 Å². The van der Waals surface area contributed by atoms with Crippen LogP contribution < -0.4 is 21.7 Å². The number of amides is 4. The standard InChI is InChI=1S/C19H36N4O5/c1-10(2)9-13(22-18(27)28-19(6,7)8)16(25)23-14(11(3)4)17(26)21-12(5)15(20)24/h10-14H,9H2,1-8H3,(H2,20,24)(H,21,26)(H,22,27)(H,23,25)/t12-,13-,14+/m0/s1. The van der Waals surface area contributed by atoms with Gasteiger partial charge in [-0.3, -0.25) is 14.4 Å². The molecular weight excluding hydrogens is 364 g/mol. The van der Waals surface area contributed by atoms with Crippen LogP contribution in [0.2, 0.25) is 0 Å². The number of hydrogen-bond donors (Lipinski definition) is 4. The molecule has 0 aromatic carbocycles. The van der Waals surface area contributed by atoms with Crippen molar-refractivity contribution in [3.05, 3.63) is 0 Å². The molecule has 0 unspecified atom stereocenters. The van der Waals surface area contributed by atoms with Crippen molar-refractivity contribution in [1.82, 2.24) is 16.0 Å². The maximum absolute atomic E-state index is 12.8. The molecule has 5 N–H and O–H groups in total. The van der Waals surface area contributed by atoms with Gasteiger partial charge in [-0.15, -0.1) is 0 Å². The van der Waals surface area contributed by atoms with Crippen molar-refractivity contribution in [1.29, 1.82) is 0 Å². The Morgan fingerprint density at radius 3 is 1.82 bits per heavy atom. The Hall–Kier alpha value is -2.32. The van der Waals surface area contributed by atoms with E-state index < -0.39 is 47.5 Å². The molecule has 0 saturated heterocycles. The van der Waals surface area contributed by atoms with E-state index in [2.05, 4.69) is 16.0 Å². The topological polar surface area (TPSA) is 140 Å². The number of nitrogens with one attached hydrogen (secondary N) is 3. The summed E-state index contributed by atoms with van der Waals surface area (Å²) in [5.74, 6) is -1.82. The highest BCUT2D eigenvalue weighted by atomic mass is 16.6. The molecule has 162 valence electrons. The highest BCUT2D eigenvalue weighted by Crippen LogP contribution is 2.11. The third kappa shape index (κ3) is 10.1. The number of rotatable bonds is 9. The molecule has 0 radical (unpaired) electrons. The molecule has 4 amide bonds. The summed E-state index contributed by atoms with van der Waals surface area (Å²) in [6.45, 7) is 14.0. The van der Waals surface area contributed by atoms with E-state index in [4.69, 9.17) is 10.5 Å². The van der Waals surface area contributed by atoms with Crippen LogP contribution in [0.25, 0.3) is 0 Å². The van der Waals surface area contributed by atoms with Crippen molar-refractivity contribution in [3.8, 4) is 0 Å². The largest absolute Gasteiger partial charge is 0.444 e. The Morgan fingerprint density at radius 1 is 0.893 bits per heavy atom. The fraction of sp³-hybridized carbons (Fsp3) is 0.789. The predicted octanol–water partition coefficient (Wildman–Crippen LogP) is 1.06. The van der Waals surface area contributed by atoms with Crippen LogP contribution in [0.5, 0.6) is 0 Å². The van der Waals surface area contributed by atoms with Gasteiger partial charge in [-0.25, -0.2) is 4.79 Å². The highest BCUT2D eigenvalue weighted by Gasteiger charge is 2.31. The van der Waals surface area contributed by atoms with Crippen LogP contribution in [0.3, 0.4) is 0 Å². The first-order valence-electron chi connectivity index (χ1n) is 9.53. The zero-order chi connectivity index (χ0) is 22.2. The third-order valence-electron chi connectivity index (χ3n) is 3.75. The maximum atomic E-state index is 12.8. The number of primary amides is 1. The number of hydrogen-bond acceptors (Lipinski definition) is 5. The van der Waals surface area contributed by atoms with Gasteiger partial charge in [0.1, 0.15) is 23.7 Å². The van der Waals surface area contributed by atoms with Crippen molar-refractivity contribution >= 4 is 23.8 Å². The van der Waals surface area contributed by atoms with Gasteiger partial charge in [-0.05, 0) is 46.0 Å². The Balaban J connectivity index is 5.24. The molecule has 0 saturated carbocycles. The third-order valence-corrected chi connectivity index (χ3v) is 3.75. The summed E-state index contributed by atoms with van der Waals surface area (Å²) < 4.78 is 5.22. The summed E-state index contributed by atoms with van der Waals surface area (Å²) in [5, 5.41) is 7.71. The molecule has 28 heavy (non-hydrogen) atoms. The van der Waals surface area contributed by atoms with Gasteiger partial charge in [0, 0.05) is 0 Å². The first-order valence-corrected chi connectivity index (χ1v) is 9.53. The van der Waals surface area contributed by atoms with Gasteiger partial charge in [-0.1, -0.05) is 27.7 Å². The van der Waals surface area contributed by atoms with Crippen LogP contribution in [0.15, 0.2) is 0 Å². The van der Waals surface area contributed by atoms with Gasteiger partial charge in [0.2, 0.25) is 17.7 Å². The van der Waals surface area contributed by atoms with Crippen LogP contribution in [0.4, 0.5) is 4.79 Å². The summed E-state index contributed by atoms with van der Waals surface area (Å²) in [5.41, 5.74) is 4.47. The Labute approximate surface area is 167 Å². The van der Waals surface area contributed by atoms with Crippen molar-refractivity contribution in [2.24, 2.45) is 17.6 Å². The Bertz CT molecular complexity index is 569. The molecule has 0 aromatic heterocycles. The lowest BCUT2D eigenvalue weighted by Crippen LogP contribution is -2.57. The van der Waals surface area contributed by atoms with Crippen LogP contribution in [-0.2, 0) is 19.1 Å². The molecule has 0 aliphatic carbocycles. The average molecular weight is 401 g/mol. The molecule has 0 aliphatic heterocycles. The van der Waals surface area contributed by atoms with Crippen molar-refractivity contribution in [2.45, 2.75) is 85.5 Å². The number of alkyl carbamates (subject to hydrolysis) is 1. The van der Waals surface area contributed by atoms with Crippen molar-refractivity contribution in [2.75, 3.05) is 0 Å². The van der Waals surface area contributed by atoms with Gasteiger partial charge in [0.05, 0.1) is 0 Å². The van der Waals surface area contributed by atoms with E-state index in [1.807, 2.05) is 13.8 Å². The molecule has 9 nitrogen and oxygen atoms in total. The fourth-order valence-electron chi connectivity index (χ4n) is 2.32. The Kier molecular flexibility index (Phi) is 9.97. The number of carbonyl (C=O) groups is 4. The van der Waals surface area contributed by atoms with Crippen LogP contribution >= 0.6 is 0 Å². The van der Waals surface area contributed by atoms with E-state index in [1.165, 1.54) is 6.92 Å². The molecule has 0 heterocycles. The average Bonchev–Trinajstić information content (AvgIpc) is 2.48. The molecule has 0 fully saturated rings. The second-order valence-electron chi connectivity index (χ2n) is 8.69. The SMILES string of the molecule is CC(C)C[C@H](NC(=O)OC(C)(C)C)C(=O)N[C@@H](C(=O)N[C@@H](C)C(N)=O)C(C)C. The molecule has 0 rings (SSSR count). The van der Waals surface area contributed by atoms with E-state index in [0.717, 1.165) is 0 Å². The van der Waals surface area contributed by atoms with Crippen LogP contribution in [0.1, 0.15) is 61.8 Å². The summed E-state index contributed by atoms with van der Waals surface area (Å²) >= 11 is 0. The minimum atomic E-state index is -0.885. The highest BCUT2D eigenvalue weighted by molar-refractivity contribution is 5.93. The Morgan fingerprint density at radius 2 is 1.43 bits per heavy atom. The van der Waals surface area contributed by atoms with Crippen molar-refractivity contribution in [3.63, 3.8) is 0 Å². The first-order chi connectivity index (χ1) is 12.6. The second kappa shape index (κ2) is 10.9. The normalized spacial score (nSPS) is 14.8. The van der Waals surface area contributed by atoms with E-state index in [-0.39, 0.29) is 11.8 Å². The van der Waals surface area contributed by atoms with E-state index in [1.54, 1.807) is 34.6 Å². The second-order valence-corrected chi connectivity index (χ2v) is 8.69. The molecule has 3 atom stereocenters. The quantitative estimate of drug-likeness (QED) is 0.458. The summed E-state index contributed by atoms with van der Waals surface area (Å²) in [6.07, 6.45) is -0.337. The molecule has 0 aromatic rings. The first kappa shape index (κ1) is 25.7. The van der Waals surface area contributed by atoms with Crippen LogP contribution in [0, 0.1) is 11.8 Å². The van der Waals surface area contributed by atoms with Gasteiger partial charge in [0.15, 0.2) is 0 Å². The van der Waals surface area contributed by atoms with Gasteiger partial charge in [-0.2, -0.15) is 0 Å². The molecular formula is C19H36N4O5. The van der Waals surface area contributed by atoms with Crippen LogP contribution in [-0.4, -0.2) is 47.5 Å². The minimum absolute atomic E-state index is 0.117. The molecule has 0 bridgehead atoms. The smallest absolute Gasteiger partial charge is 0.408 e. The van der Waals surface area contributed by atoms with Gasteiger partial charge in [0.25, 0.3) is 0 Å². The predicted molar refractivity (Wildman–Crippen MR) is 106 cm³/mol. The van der Waals surface area contributed by atoms with Gasteiger partial charge >= 0.3 is 6.09 Å². The van der Waals surface area contributed by atoms with Crippen molar-refractivity contribution < 1.29 is 23.9 Å². The zero-order valence-corrected chi connectivity index (χ0v) is 18.2. The lowest BCUT2D eigenvalue weighted by molar-refractivity contribution is -0.132. The minimum Gasteiger partial charge on any atom is -0.444 e. The number of carbonyl (C=O) groups excluding carboxylic acids is 4. The maximum Gasteiger partial charge on any atom is 0.408 e. The summed E-state index contributed by atoms with van der Waals surface area (Å²) in [6, 6.07) is -2.61. The monoisotopic (exact) mass is 400 g/mol. The zero-order valence-electron chi connectivity index (χ0n) is 18.2. The lowest BCUT2D eigenvalue weighted by Gasteiger charge is -2.27. The molecule has 9 heteroatoms. The lowest BCUT2D eigenvalue weighted by atomic mass is 10.00. The fourth-order valence-corrected chi connectivity index (χ4v) is 2.32. The molecule has 0 spiro atoms. The molecule has 0 aliphatic rings. The van der Waals surface area contributed by atoms with E-state index in [9.17, 15) is 19.2 Å². The number of ether oxygens (including phenoxy) is 1. The summed E-state index contributed by atoms with van der Waals surface area (Å²) in [4.78, 5) is 48.5. The summed E-state index contributed by atoms with van der Waals surface area (Å²) in [7, 11) is 0. The van der Waals surface area contributed by atoms with E-state index in [0.29, 0.717) is 6.42 Å². The number of nitrogens with two attached hydrogens (primary N) is 1. The van der Waals surface area contributed by atoms with E-state index >= 15 is 0 Å².